The third-order valence-electron chi connectivity index (χ3n) is 5.58. The van der Waals surface area contributed by atoms with E-state index in [-0.39, 0.29) is 0 Å². The molecule has 0 amide bonds. The second-order valence-electron chi connectivity index (χ2n) is 7.32. The van der Waals surface area contributed by atoms with Crippen molar-refractivity contribution in [2.24, 2.45) is 0 Å². The fourth-order valence-electron chi connectivity index (χ4n) is 4.14. The molecule has 0 heterocycles. The average molecular weight is 300 g/mol. The Morgan fingerprint density at radius 1 is 0.609 bits per heavy atom. The summed E-state index contributed by atoms with van der Waals surface area (Å²) in [5.74, 6) is 0. The third kappa shape index (κ3) is 2.37. The monoisotopic (exact) mass is 300 g/mol. The average Bonchev–Trinajstić information content (AvgIpc) is 3.13. The minimum Gasteiger partial charge on any atom is -0.0611 e. The van der Waals surface area contributed by atoms with Gasteiger partial charge in [0.1, 0.15) is 0 Å². The largest absolute Gasteiger partial charge is 0.0611 e. The molecule has 2 aliphatic rings. The van der Waals surface area contributed by atoms with Crippen LogP contribution in [-0.2, 0) is 12.8 Å². The fraction of sp³-hybridized carbons (Fsp3) is 0.304. The van der Waals surface area contributed by atoms with E-state index in [9.17, 15) is 0 Å². The SMILES string of the molecule is Cc1ccc(C)c2c1C=C(CC1=Cc3c(C)ccc(C)c3C1)C2. The van der Waals surface area contributed by atoms with Gasteiger partial charge >= 0.3 is 0 Å². The highest BCUT2D eigenvalue weighted by Crippen LogP contribution is 2.37. The zero-order valence-corrected chi connectivity index (χ0v) is 14.6. The lowest BCUT2D eigenvalue weighted by molar-refractivity contribution is 1.00. The van der Waals surface area contributed by atoms with Crippen LogP contribution in [-0.4, -0.2) is 0 Å². The standard InChI is InChI=1S/C23H24/c1-14-5-6-15(2)21-11-18(10-20(14)21)9-19-12-22-16(3)7-8-17(4)23(22)13-19/h5-8,10,12H,9,11,13H2,1-4H3. The minimum atomic E-state index is 1.13. The van der Waals surface area contributed by atoms with Gasteiger partial charge in [-0.05, 0) is 91.5 Å². The van der Waals surface area contributed by atoms with E-state index in [4.69, 9.17) is 0 Å². The van der Waals surface area contributed by atoms with Gasteiger partial charge in [-0.2, -0.15) is 0 Å². The highest BCUT2D eigenvalue weighted by Gasteiger charge is 2.21. The summed E-state index contributed by atoms with van der Waals surface area (Å²) >= 11 is 0. The predicted octanol–water partition coefficient (Wildman–Crippen LogP) is 5.89. The summed E-state index contributed by atoms with van der Waals surface area (Å²) < 4.78 is 0. The second-order valence-corrected chi connectivity index (χ2v) is 7.32. The van der Waals surface area contributed by atoms with Gasteiger partial charge in [0.15, 0.2) is 0 Å². The molecule has 2 aliphatic carbocycles. The van der Waals surface area contributed by atoms with Gasteiger partial charge < -0.3 is 0 Å². The molecule has 116 valence electrons. The topological polar surface area (TPSA) is 0 Å². The molecule has 0 heteroatoms. The summed E-state index contributed by atoms with van der Waals surface area (Å²) in [5.41, 5.74) is 14.9. The quantitative estimate of drug-likeness (QED) is 0.648. The summed E-state index contributed by atoms with van der Waals surface area (Å²) in [6, 6.07) is 9.04. The van der Waals surface area contributed by atoms with Crippen LogP contribution >= 0.6 is 0 Å². The van der Waals surface area contributed by atoms with Gasteiger partial charge in [0, 0.05) is 0 Å². The van der Waals surface area contributed by atoms with Crippen LogP contribution in [0.1, 0.15) is 50.9 Å². The van der Waals surface area contributed by atoms with Crippen LogP contribution in [0.4, 0.5) is 0 Å². The van der Waals surface area contributed by atoms with E-state index >= 15 is 0 Å². The van der Waals surface area contributed by atoms with Crippen LogP contribution in [0.2, 0.25) is 0 Å². The van der Waals surface area contributed by atoms with Crippen LogP contribution in [0, 0.1) is 27.7 Å². The lowest BCUT2D eigenvalue weighted by atomic mass is 9.97. The molecule has 0 unspecified atom stereocenters. The van der Waals surface area contributed by atoms with Crippen molar-refractivity contribution < 1.29 is 0 Å². The van der Waals surface area contributed by atoms with E-state index in [2.05, 4.69) is 64.1 Å². The van der Waals surface area contributed by atoms with E-state index in [1.165, 1.54) is 33.4 Å². The number of hydrogen-bond donors (Lipinski definition) is 0. The molecule has 0 atom stereocenters. The number of benzene rings is 2. The zero-order valence-electron chi connectivity index (χ0n) is 14.6. The number of rotatable bonds is 2. The Bertz CT molecular complexity index is 802. The second kappa shape index (κ2) is 5.23. The van der Waals surface area contributed by atoms with Gasteiger partial charge in [0.2, 0.25) is 0 Å². The first kappa shape index (κ1) is 14.5. The Balaban J connectivity index is 1.60. The highest BCUT2D eigenvalue weighted by molar-refractivity contribution is 5.72. The summed E-state index contributed by atoms with van der Waals surface area (Å²) in [4.78, 5) is 0. The molecule has 2 aromatic carbocycles. The normalized spacial score (nSPS) is 15.3. The molecule has 0 nitrogen and oxygen atoms in total. The number of allylic oxidation sites excluding steroid dienone is 2. The van der Waals surface area contributed by atoms with E-state index in [1.807, 2.05) is 0 Å². The maximum atomic E-state index is 2.45. The van der Waals surface area contributed by atoms with Gasteiger partial charge in [0.25, 0.3) is 0 Å². The van der Waals surface area contributed by atoms with Crippen LogP contribution in [0.15, 0.2) is 35.4 Å². The first-order chi connectivity index (χ1) is 11.0. The highest BCUT2D eigenvalue weighted by atomic mass is 14.3. The molecule has 0 aromatic heterocycles. The van der Waals surface area contributed by atoms with Crippen molar-refractivity contribution in [3.05, 3.63) is 79.9 Å². The molecule has 4 rings (SSSR count). The van der Waals surface area contributed by atoms with E-state index in [1.54, 1.807) is 22.3 Å². The number of aryl methyl sites for hydroxylation is 4. The molecule has 0 saturated heterocycles. The molecule has 23 heavy (non-hydrogen) atoms. The molecule has 0 spiro atoms. The fourth-order valence-corrected chi connectivity index (χ4v) is 4.14. The number of hydrogen-bond acceptors (Lipinski definition) is 0. The molecule has 0 aliphatic heterocycles. The Kier molecular flexibility index (Phi) is 3.30. The Hall–Kier alpha value is -2.08. The summed E-state index contributed by atoms with van der Waals surface area (Å²) in [6.07, 6.45) is 8.28. The molecular weight excluding hydrogens is 276 g/mol. The third-order valence-corrected chi connectivity index (χ3v) is 5.58. The molecule has 0 radical (unpaired) electrons. The van der Waals surface area contributed by atoms with Crippen molar-refractivity contribution in [1.82, 2.24) is 0 Å². The Morgan fingerprint density at radius 3 is 1.39 bits per heavy atom. The van der Waals surface area contributed by atoms with Gasteiger partial charge in [-0.15, -0.1) is 0 Å². The van der Waals surface area contributed by atoms with Crippen molar-refractivity contribution in [3.63, 3.8) is 0 Å². The molecule has 0 saturated carbocycles. The van der Waals surface area contributed by atoms with Crippen molar-refractivity contribution >= 4 is 12.2 Å². The summed E-state index contributed by atoms with van der Waals surface area (Å²) in [6.45, 7) is 8.95. The minimum absolute atomic E-state index is 1.13. The van der Waals surface area contributed by atoms with Gasteiger partial charge in [0.05, 0.1) is 0 Å². The van der Waals surface area contributed by atoms with Crippen molar-refractivity contribution in [2.75, 3.05) is 0 Å². The van der Waals surface area contributed by atoms with Gasteiger partial charge in [-0.3, -0.25) is 0 Å². The van der Waals surface area contributed by atoms with Crippen molar-refractivity contribution in [1.29, 1.82) is 0 Å². The first-order valence-electron chi connectivity index (χ1n) is 8.60. The summed E-state index contributed by atoms with van der Waals surface area (Å²) in [5, 5.41) is 0. The van der Waals surface area contributed by atoms with Crippen molar-refractivity contribution in [3.8, 4) is 0 Å². The van der Waals surface area contributed by atoms with Crippen LogP contribution in [0.3, 0.4) is 0 Å². The molecule has 2 aromatic rings. The zero-order chi connectivity index (χ0) is 16.1. The smallest absolute Gasteiger partial charge is 0.00519 e. The van der Waals surface area contributed by atoms with E-state index < -0.39 is 0 Å². The lowest BCUT2D eigenvalue weighted by Gasteiger charge is -2.08. The van der Waals surface area contributed by atoms with Gasteiger partial charge in [-0.1, -0.05) is 47.6 Å². The Morgan fingerprint density at radius 2 is 1.00 bits per heavy atom. The maximum absolute atomic E-state index is 2.45. The molecule has 0 N–H and O–H groups in total. The van der Waals surface area contributed by atoms with Crippen LogP contribution < -0.4 is 0 Å². The summed E-state index contributed by atoms with van der Waals surface area (Å²) in [7, 11) is 0. The van der Waals surface area contributed by atoms with E-state index in [0.717, 1.165) is 19.3 Å². The first-order valence-corrected chi connectivity index (χ1v) is 8.60. The number of fused-ring (bicyclic) bond motifs is 2. The van der Waals surface area contributed by atoms with Crippen LogP contribution in [0.5, 0.6) is 0 Å². The van der Waals surface area contributed by atoms with Crippen molar-refractivity contribution in [2.45, 2.75) is 47.0 Å². The maximum Gasteiger partial charge on any atom is -0.00519 e. The lowest BCUT2D eigenvalue weighted by Crippen LogP contribution is -1.94. The molecular formula is C23H24. The van der Waals surface area contributed by atoms with Gasteiger partial charge in [-0.25, -0.2) is 0 Å². The predicted molar refractivity (Wildman–Crippen MR) is 99.8 cm³/mol. The molecule has 0 bridgehead atoms. The molecule has 0 fully saturated rings. The van der Waals surface area contributed by atoms with E-state index in [0.29, 0.717) is 0 Å². The van der Waals surface area contributed by atoms with Crippen LogP contribution in [0.25, 0.3) is 12.2 Å². The Labute approximate surface area is 139 Å².